The van der Waals surface area contributed by atoms with Gasteiger partial charge in [0.2, 0.25) is 0 Å². The zero-order chi connectivity index (χ0) is 25.2. The maximum Gasteiger partial charge on any atom is 0.262 e. The molecule has 9 heteroatoms. The molecule has 1 amide bonds. The molecule has 3 heterocycles. The first-order valence-electron chi connectivity index (χ1n) is 12.2. The van der Waals surface area contributed by atoms with Crippen molar-refractivity contribution in [3.8, 4) is 0 Å². The Balaban J connectivity index is 1.38. The first-order chi connectivity index (χ1) is 18.2. The number of hydrogen-bond acceptors (Lipinski definition) is 6. The predicted octanol–water partition coefficient (Wildman–Crippen LogP) is 4.09. The van der Waals surface area contributed by atoms with Gasteiger partial charge in [-0.3, -0.25) is 14.2 Å². The molecule has 0 spiro atoms. The van der Waals surface area contributed by atoms with Gasteiger partial charge in [0.15, 0.2) is 5.16 Å². The van der Waals surface area contributed by atoms with Gasteiger partial charge < -0.3 is 14.6 Å². The average molecular weight is 512 g/mol. The van der Waals surface area contributed by atoms with Gasteiger partial charge in [0, 0.05) is 18.7 Å². The summed E-state index contributed by atoms with van der Waals surface area (Å²) in [5.41, 5.74) is 3.78. The topological polar surface area (TPSA) is 93.1 Å². The van der Waals surface area contributed by atoms with E-state index in [0.717, 1.165) is 22.4 Å². The van der Waals surface area contributed by atoms with E-state index in [1.807, 2.05) is 54.6 Å². The van der Waals surface area contributed by atoms with Gasteiger partial charge in [-0.05, 0) is 35.9 Å². The van der Waals surface area contributed by atoms with Gasteiger partial charge in [0.25, 0.3) is 11.5 Å². The van der Waals surface area contributed by atoms with Crippen LogP contribution in [0.2, 0.25) is 0 Å². The van der Waals surface area contributed by atoms with Crippen molar-refractivity contribution >= 4 is 39.6 Å². The molecule has 1 saturated heterocycles. The van der Waals surface area contributed by atoms with E-state index in [-0.39, 0.29) is 11.5 Å². The quantitative estimate of drug-likeness (QED) is 0.273. The Morgan fingerprint density at radius 1 is 0.946 bits per heavy atom. The van der Waals surface area contributed by atoms with Gasteiger partial charge in [-0.1, -0.05) is 54.2 Å². The Labute approximate surface area is 217 Å². The number of thioether (sulfide) groups is 1. The van der Waals surface area contributed by atoms with E-state index in [0.29, 0.717) is 60.2 Å². The molecule has 0 atom stereocenters. The van der Waals surface area contributed by atoms with Crippen molar-refractivity contribution in [2.75, 3.05) is 26.3 Å². The molecule has 1 fully saturated rings. The lowest BCUT2D eigenvalue weighted by atomic mass is 10.1. The summed E-state index contributed by atoms with van der Waals surface area (Å²) >= 11 is 1.45. The van der Waals surface area contributed by atoms with Crippen molar-refractivity contribution in [1.29, 1.82) is 0 Å². The summed E-state index contributed by atoms with van der Waals surface area (Å²) in [7, 11) is 0. The van der Waals surface area contributed by atoms with E-state index in [4.69, 9.17) is 9.72 Å². The van der Waals surface area contributed by atoms with Crippen LogP contribution < -0.4 is 5.56 Å². The third-order valence-electron chi connectivity index (χ3n) is 6.43. The number of morpholine rings is 1. The molecule has 0 saturated carbocycles. The summed E-state index contributed by atoms with van der Waals surface area (Å²) < 4.78 is 7.07. The molecule has 2 aromatic heterocycles. The third-order valence-corrected chi connectivity index (χ3v) is 7.41. The standard InChI is InChI=1S/C28H25N5O3S/c34-26(32-12-14-36-15-13-32)20-10-11-21-24(16-20)31-28(33(27(21)35)17-19-6-2-1-3-7-19)37-18-25-29-22-8-4-5-9-23(22)30-25/h1-11,16H,12-15,17-18H2,(H,29,30). The number of para-hydroxylation sites is 2. The van der Waals surface area contributed by atoms with Crippen LogP contribution in [0.4, 0.5) is 0 Å². The molecule has 5 aromatic rings. The zero-order valence-electron chi connectivity index (χ0n) is 20.1. The second-order valence-corrected chi connectivity index (χ2v) is 9.84. The highest BCUT2D eigenvalue weighted by Gasteiger charge is 2.20. The number of nitrogens with zero attached hydrogens (tertiary/aromatic N) is 4. The minimum Gasteiger partial charge on any atom is -0.378 e. The number of benzene rings is 3. The van der Waals surface area contributed by atoms with E-state index in [1.165, 1.54) is 11.8 Å². The van der Waals surface area contributed by atoms with Crippen LogP contribution in [0.25, 0.3) is 21.9 Å². The van der Waals surface area contributed by atoms with Gasteiger partial charge in [0.1, 0.15) is 5.82 Å². The van der Waals surface area contributed by atoms with Crippen LogP contribution in [0.5, 0.6) is 0 Å². The van der Waals surface area contributed by atoms with Crippen LogP contribution in [-0.4, -0.2) is 56.6 Å². The van der Waals surface area contributed by atoms with E-state index in [1.54, 1.807) is 27.7 Å². The SMILES string of the molecule is O=C(c1ccc2c(=O)n(Cc3ccccc3)c(SCc3nc4ccccc4[nH]3)nc2c1)N1CCOCC1. The molecule has 6 rings (SSSR count). The lowest BCUT2D eigenvalue weighted by molar-refractivity contribution is 0.0303. The summed E-state index contributed by atoms with van der Waals surface area (Å²) in [6, 6.07) is 22.9. The van der Waals surface area contributed by atoms with Gasteiger partial charge >= 0.3 is 0 Å². The number of amides is 1. The first-order valence-corrected chi connectivity index (χ1v) is 13.2. The number of carbonyl (C=O) groups is 1. The highest BCUT2D eigenvalue weighted by molar-refractivity contribution is 7.98. The lowest BCUT2D eigenvalue weighted by Gasteiger charge is -2.26. The minimum absolute atomic E-state index is 0.0723. The second kappa shape index (κ2) is 10.2. The van der Waals surface area contributed by atoms with Crippen molar-refractivity contribution in [2.24, 2.45) is 0 Å². The van der Waals surface area contributed by atoms with Gasteiger partial charge in [0.05, 0.1) is 47.4 Å². The monoisotopic (exact) mass is 511 g/mol. The fraction of sp³-hybridized carbons (Fsp3) is 0.214. The second-order valence-electron chi connectivity index (χ2n) is 8.90. The number of aromatic amines is 1. The molecule has 37 heavy (non-hydrogen) atoms. The minimum atomic E-state index is -0.133. The number of hydrogen-bond donors (Lipinski definition) is 1. The highest BCUT2D eigenvalue weighted by atomic mass is 32.2. The van der Waals surface area contributed by atoms with Crippen LogP contribution in [0, 0.1) is 0 Å². The summed E-state index contributed by atoms with van der Waals surface area (Å²) in [4.78, 5) is 41.4. The Morgan fingerprint density at radius 2 is 1.73 bits per heavy atom. The van der Waals surface area contributed by atoms with E-state index in [2.05, 4.69) is 9.97 Å². The summed E-state index contributed by atoms with van der Waals surface area (Å²) in [6.07, 6.45) is 0. The molecule has 0 radical (unpaired) electrons. The lowest BCUT2D eigenvalue weighted by Crippen LogP contribution is -2.40. The molecule has 1 aliphatic heterocycles. The molecule has 3 aromatic carbocycles. The molecular formula is C28H25N5O3S. The molecule has 0 unspecified atom stereocenters. The van der Waals surface area contributed by atoms with Crippen LogP contribution in [-0.2, 0) is 17.0 Å². The third kappa shape index (κ3) is 4.87. The Bertz CT molecular complexity index is 1610. The van der Waals surface area contributed by atoms with Crippen molar-refractivity contribution < 1.29 is 9.53 Å². The number of ether oxygens (including phenoxy) is 1. The Morgan fingerprint density at radius 3 is 2.54 bits per heavy atom. The van der Waals surface area contributed by atoms with Gasteiger partial charge in [-0.2, -0.15) is 0 Å². The van der Waals surface area contributed by atoms with Gasteiger partial charge in [-0.15, -0.1) is 0 Å². The number of H-pyrrole nitrogens is 1. The number of nitrogens with one attached hydrogen (secondary N) is 1. The number of imidazole rings is 1. The van der Waals surface area contributed by atoms with E-state index >= 15 is 0 Å². The molecule has 1 aliphatic rings. The van der Waals surface area contributed by atoms with Crippen molar-refractivity contribution in [2.45, 2.75) is 17.5 Å². The molecule has 186 valence electrons. The highest BCUT2D eigenvalue weighted by Crippen LogP contribution is 2.24. The molecular weight excluding hydrogens is 486 g/mol. The maximum atomic E-state index is 13.7. The van der Waals surface area contributed by atoms with Gasteiger partial charge in [-0.25, -0.2) is 9.97 Å². The van der Waals surface area contributed by atoms with E-state index in [9.17, 15) is 9.59 Å². The summed E-state index contributed by atoms with van der Waals surface area (Å²) in [6.45, 7) is 2.58. The number of aromatic nitrogens is 4. The number of carbonyl (C=O) groups excluding carboxylic acids is 1. The molecule has 0 bridgehead atoms. The number of fused-ring (bicyclic) bond motifs is 2. The average Bonchev–Trinajstić information content (AvgIpc) is 3.37. The zero-order valence-corrected chi connectivity index (χ0v) is 20.9. The molecule has 1 N–H and O–H groups in total. The normalized spacial score (nSPS) is 13.9. The number of rotatable bonds is 6. The fourth-order valence-electron chi connectivity index (χ4n) is 4.51. The predicted molar refractivity (Wildman–Crippen MR) is 144 cm³/mol. The summed E-state index contributed by atoms with van der Waals surface area (Å²) in [5, 5.41) is 1.07. The molecule has 0 aliphatic carbocycles. The van der Waals surface area contributed by atoms with Crippen LogP contribution in [0.1, 0.15) is 21.7 Å². The fourth-order valence-corrected chi connectivity index (χ4v) is 5.37. The summed E-state index contributed by atoms with van der Waals surface area (Å²) in [5.74, 6) is 1.26. The maximum absolute atomic E-state index is 13.7. The van der Waals surface area contributed by atoms with Crippen LogP contribution in [0.15, 0.2) is 82.7 Å². The Hall–Kier alpha value is -3.95. The molecule has 8 nitrogen and oxygen atoms in total. The first kappa shape index (κ1) is 23.4. The van der Waals surface area contributed by atoms with Crippen LogP contribution in [0.3, 0.4) is 0 Å². The smallest absolute Gasteiger partial charge is 0.262 e. The van der Waals surface area contributed by atoms with Crippen molar-refractivity contribution in [1.82, 2.24) is 24.4 Å². The Kier molecular flexibility index (Phi) is 6.46. The van der Waals surface area contributed by atoms with Crippen molar-refractivity contribution in [3.63, 3.8) is 0 Å². The van der Waals surface area contributed by atoms with Crippen LogP contribution >= 0.6 is 11.8 Å². The van der Waals surface area contributed by atoms with E-state index < -0.39 is 0 Å². The largest absolute Gasteiger partial charge is 0.378 e. The van der Waals surface area contributed by atoms with Crippen molar-refractivity contribution in [3.05, 3.63) is 100 Å².